The van der Waals surface area contributed by atoms with E-state index in [0.717, 1.165) is 10.8 Å². The lowest BCUT2D eigenvalue weighted by atomic mass is 10.0. The minimum atomic E-state index is -1.01. The summed E-state index contributed by atoms with van der Waals surface area (Å²) in [7, 11) is 0. The van der Waals surface area contributed by atoms with E-state index in [2.05, 4.69) is 0 Å². The lowest BCUT2D eigenvalue weighted by Gasteiger charge is -2.07. The molecule has 0 fully saturated rings. The fraction of sp³-hybridized carbons (Fsp3) is 0.0833. The zero-order valence-corrected chi connectivity index (χ0v) is 9.28. The van der Waals surface area contributed by atoms with Crippen molar-refractivity contribution in [2.24, 2.45) is 5.73 Å². The third-order valence-electron chi connectivity index (χ3n) is 2.40. The molecule has 0 unspecified atom stereocenters. The molecule has 0 saturated heterocycles. The van der Waals surface area contributed by atoms with Crippen molar-refractivity contribution in [3.05, 3.63) is 48.0 Å². The highest BCUT2D eigenvalue weighted by atomic mass is 35.5. The van der Waals surface area contributed by atoms with Gasteiger partial charge in [0.25, 0.3) is 0 Å². The van der Waals surface area contributed by atoms with E-state index < -0.39 is 12.0 Å². The first-order valence-corrected chi connectivity index (χ1v) is 4.65. The summed E-state index contributed by atoms with van der Waals surface area (Å²) in [6, 6.07) is 12.3. The average Bonchev–Trinajstić information content (AvgIpc) is 2.27. The second-order valence-corrected chi connectivity index (χ2v) is 3.42. The van der Waals surface area contributed by atoms with E-state index in [0.29, 0.717) is 5.56 Å². The topological polar surface area (TPSA) is 63.3 Å². The smallest absolute Gasteiger partial charge is 0.325 e. The van der Waals surface area contributed by atoms with Crippen molar-refractivity contribution < 1.29 is 9.90 Å². The Morgan fingerprint density at radius 1 is 1.12 bits per heavy atom. The number of carbonyl (C=O) groups is 1. The quantitative estimate of drug-likeness (QED) is 0.843. The van der Waals surface area contributed by atoms with Gasteiger partial charge in [-0.05, 0) is 22.4 Å². The number of carboxylic acid groups (broad SMARTS) is 1. The predicted molar refractivity (Wildman–Crippen MR) is 65.8 cm³/mol. The number of hydrogen-bond donors (Lipinski definition) is 2. The molecule has 0 heterocycles. The molecule has 1 atom stereocenters. The van der Waals surface area contributed by atoms with Crippen LogP contribution in [0.4, 0.5) is 0 Å². The summed E-state index contributed by atoms with van der Waals surface area (Å²) in [5, 5.41) is 10.9. The molecule has 84 valence electrons. The number of aliphatic carboxylic acids is 1. The normalized spacial score (nSPS) is 11.8. The highest BCUT2D eigenvalue weighted by Crippen LogP contribution is 2.19. The first-order chi connectivity index (χ1) is 7.18. The molecule has 0 radical (unpaired) electrons. The second kappa shape index (κ2) is 4.96. The summed E-state index contributed by atoms with van der Waals surface area (Å²) < 4.78 is 0. The maximum Gasteiger partial charge on any atom is 0.325 e. The van der Waals surface area contributed by atoms with Crippen molar-refractivity contribution in [3.63, 3.8) is 0 Å². The van der Waals surface area contributed by atoms with Gasteiger partial charge in [-0.15, -0.1) is 12.4 Å². The van der Waals surface area contributed by atoms with E-state index in [1.54, 1.807) is 6.07 Å². The Kier molecular flexibility index (Phi) is 3.88. The zero-order chi connectivity index (χ0) is 10.8. The Morgan fingerprint density at radius 2 is 1.75 bits per heavy atom. The van der Waals surface area contributed by atoms with Crippen LogP contribution in [0.5, 0.6) is 0 Å². The second-order valence-electron chi connectivity index (χ2n) is 3.42. The number of hydrogen-bond acceptors (Lipinski definition) is 2. The molecule has 0 amide bonds. The van der Waals surface area contributed by atoms with Crippen LogP contribution in [-0.2, 0) is 4.79 Å². The van der Waals surface area contributed by atoms with Crippen LogP contribution in [-0.4, -0.2) is 11.1 Å². The number of fused-ring (bicyclic) bond motifs is 1. The first-order valence-electron chi connectivity index (χ1n) is 4.65. The largest absolute Gasteiger partial charge is 0.480 e. The highest BCUT2D eigenvalue weighted by Gasteiger charge is 2.13. The molecule has 16 heavy (non-hydrogen) atoms. The fourth-order valence-corrected chi connectivity index (χ4v) is 1.54. The van der Waals surface area contributed by atoms with E-state index >= 15 is 0 Å². The van der Waals surface area contributed by atoms with Gasteiger partial charge in [0.05, 0.1) is 0 Å². The van der Waals surface area contributed by atoms with Crippen molar-refractivity contribution in [2.75, 3.05) is 0 Å². The lowest BCUT2D eigenvalue weighted by Crippen LogP contribution is -2.20. The van der Waals surface area contributed by atoms with Gasteiger partial charge in [0, 0.05) is 0 Å². The molecule has 0 aromatic heterocycles. The van der Waals surface area contributed by atoms with Gasteiger partial charge in [-0.25, -0.2) is 0 Å². The van der Waals surface area contributed by atoms with Gasteiger partial charge >= 0.3 is 5.97 Å². The van der Waals surface area contributed by atoms with Crippen molar-refractivity contribution in [2.45, 2.75) is 6.04 Å². The zero-order valence-electron chi connectivity index (χ0n) is 8.46. The third-order valence-corrected chi connectivity index (χ3v) is 2.40. The Morgan fingerprint density at radius 3 is 2.38 bits per heavy atom. The van der Waals surface area contributed by atoms with E-state index in [1.807, 2.05) is 36.4 Å². The Hall–Kier alpha value is -1.58. The van der Waals surface area contributed by atoms with Gasteiger partial charge in [0.2, 0.25) is 0 Å². The molecular weight excluding hydrogens is 226 g/mol. The summed E-state index contributed by atoms with van der Waals surface area (Å²) in [5.74, 6) is -1.01. The van der Waals surface area contributed by atoms with Crippen molar-refractivity contribution >= 4 is 29.1 Å². The molecule has 0 aliphatic heterocycles. The molecule has 2 aromatic carbocycles. The third kappa shape index (κ3) is 2.32. The summed E-state index contributed by atoms with van der Waals surface area (Å²) >= 11 is 0. The Labute approximate surface area is 99.3 Å². The number of nitrogens with two attached hydrogens (primary N) is 1. The van der Waals surface area contributed by atoms with Gasteiger partial charge in [0.15, 0.2) is 0 Å². The first kappa shape index (κ1) is 12.5. The van der Waals surface area contributed by atoms with Crippen LogP contribution in [0.3, 0.4) is 0 Å². The lowest BCUT2D eigenvalue weighted by molar-refractivity contribution is -0.138. The summed E-state index contributed by atoms with van der Waals surface area (Å²) in [5.41, 5.74) is 6.16. The van der Waals surface area contributed by atoms with Gasteiger partial charge in [-0.2, -0.15) is 0 Å². The summed E-state index contributed by atoms with van der Waals surface area (Å²) in [6.07, 6.45) is 0. The number of halogens is 1. The Balaban J connectivity index is 0.00000128. The average molecular weight is 238 g/mol. The van der Waals surface area contributed by atoms with Crippen LogP contribution in [0.2, 0.25) is 0 Å². The van der Waals surface area contributed by atoms with Crippen LogP contribution in [0.1, 0.15) is 11.6 Å². The number of benzene rings is 2. The fourth-order valence-electron chi connectivity index (χ4n) is 1.54. The van der Waals surface area contributed by atoms with Crippen LogP contribution in [0.15, 0.2) is 42.5 Å². The van der Waals surface area contributed by atoms with E-state index in [1.165, 1.54) is 0 Å². The maximum absolute atomic E-state index is 10.7. The number of carboxylic acids is 1. The van der Waals surface area contributed by atoms with Crippen LogP contribution >= 0.6 is 12.4 Å². The van der Waals surface area contributed by atoms with E-state index in [4.69, 9.17) is 10.8 Å². The van der Waals surface area contributed by atoms with Crippen molar-refractivity contribution in [3.8, 4) is 0 Å². The van der Waals surface area contributed by atoms with E-state index in [9.17, 15) is 4.79 Å². The molecule has 0 aliphatic carbocycles. The van der Waals surface area contributed by atoms with Crippen molar-refractivity contribution in [1.82, 2.24) is 0 Å². The Bertz CT molecular complexity index is 513. The minimum Gasteiger partial charge on any atom is -0.480 e. The molecule has 0 aliphatic rings. The van der Waals surface area contributed by atoms with Crippen molar-refractivity contribution in [1.29, 1.82) is 0 Å². The van der Waals surface area contributed by atoms with Crippen LogP contribution < -0.4 is 5.73 Å². The molecule has 2 aromatic rings. The summed E-state index contributed by atoms with van der Waals surface area (Å²) in [6.45, 7) is 0. The molecule has 2 rings (SSSR count). The van der Waals surface area contributed by atoms with Gasteiger partial charge in [-0.3, -0.25) is 4.79 Å². The van der Waals surface area contributed by atoms with Crippen LogP contribution in [0.25, 0.3) is 10.8 Å². The summed E-state index contributed by atoms with van der Waals surface area (Å²) in [4.78, 5) is 10.7. The molecule has 0 spiro atoms. The maximum atomic E-state index is 10.7. The van der Waals surface area contributed by atoms with Crippen LogP contribution in [0, 0.1) is 0 Å². The van der Waals surface area contributed by atoms with E-state index in [-0.39, 0.29) is 12.4 Å². The predicted octanol–water partition coefficient (Wildman–Crippen LogP) is 2.35. The number of rotatable bonds is 2. The molecule has 0 saturated carbocycles. The highest BCUT2D eigenvalue weighted by molar-refractivity contribution is 5.85. The standard InChI is InChI=1S/C12H11NO2.ClH/c13-11(12(14)15)10-6-5-8-3-1-2-4-9(8)7-10;/h1-7,11H,13H2,(H,14,15);1H/t11-;/m1./s1. The monoisotopic (exact) mass is 237 g/mol. The molecule has 4 heteroatoms. The van der Waals surface area contributed by atoms with Gasteiger partial charge in [-0.1, -0.05) is 36.4 Å². The molecule has 0 bridgehead atoms. The van der Waals surface area contributed by atoms with Gasteiger partial charge < -0.3 is 10.8 Å². The SMILES string of the molecule is Cl.N[C@@H](C(=O)O)c1ccc2ccccc2c1. The van der Waals surface area contributed by atoms with Gasteiger partial charge in [0.1, 0.15) is 6.04 Å². The molecule has 3 nitrogen and oxygen atoms in total. The minimum absolute atomic E-state index is 0. The molecular formula is C12H12ClNO2. The molecule has 3 N–H and O–H groups in total.